The fourth-order valence-electron chi connectivity index (χ4n) is 10.2. The van der Waals surface area contributed by atoms with Gasteiger partial charge in [-0.1, -0.05) is 331 Å². The van der Waals surface area contributed by atoms with Gasteiger partial charge in [-0.15, -0.1) is 0 Å². The Kier molecular flexibility index (Phi) is 65.7. The first kappa shape index (κ1) is 76.9. The molecule has 464 valence electrons. The lowest BCUT2D eigenvalue weighted by Crippen LogP contribution is -2.30. The van der Waals surface area contributed by atoms with Crippen molar-refractivity contribution in [1.82, 2.24) is 0 Å². The highest BCUT2D eigenvalue weighted by Gasteiger charge is 2.19. The predicted molar refractivity (Wildman–Crippen MR) is 348 cm³/mol. The first-order valence-corrected chi connectivity index (χ1v) is 34.9. The van der Waals surface area contributed by atoms with Crippen LogP contribution in [0.5, 0.6) is 0 Å². The summed E-state index contributed by atoms with van der Waals surface area (Å²) < 4.78 is 16.9. The smallest absolute Gasteiger partial charge is 0.306 e. The van der Waals surface area contributed by atoms with Crippen LogP contribution < -0.4 is 0 Å². The standard InChI is InChI=1S/C74H132O6/c1-4-7-10-13-16-19-22-25-27-29-30-31-32-33-34-35-36-37-38-39-40-41-42-43-44-46-47-49-52-55-58-61-64-67-73(76)79-70-71(69-78-72(75)66-63-60-57-54-51-24-21-18-15-12-9-6-3)80-74(77)68-65-62-59-56-53-50-48-45-28-26-23-20-17-14-11-8-5-2/h8,11,17-18,20-21,26,28,48,50,56,59,71H,4-7,9-10,12-16,19,22-25,27,29-47,49,51-55,57-58,60-70H2,1-3H3/b11-8-,20-17-,21-18-,28-26-,50-48-,59-56-. The number of rotatable bonds is 64. The molecule has 6 heteroatoms. The minimum atomic E-state index is -0.808. The maximum Gasteiger partial charge on any atom is 0.306 e. The lowest BCUT2D eigenvalue weighted by molar-refractivity contribution is -0.167. The van der Waals surface area contributed by atoms with E-state index < -0.39 is 6.10 Å². The highest BCUT2D eigenvalue weighted by Crippen LogP contribution is 2.18. The van der Waals surface area contributed by atoms with Gasteiger partial charge in [0.1, 0.15) is 13.2 Å². The van der Waals surface area contributed by atoms with Gasteiger partial charge in [0.15, 0.2) is 6.10 Å². The van der Waals surface area contributed by atoms with Crippen LogP contribution in [0.2, 0.25) is 0 Å². The summed E-state index contributed by atoms with van der Waals surface area (Å²) in [7, 11) is 0. The Balaban J connectivity index is 4.14. The van der Waals surface area contributed by atoms with E-state index >= 15 is 0 Å². The molecule has 0 saturated heterocycles. The zero-order valence-electron chi connectivity index (χ0n) is 53.3. The van der Waals surface area contributed by atoms with Crippen LogP contribution in [0.3, 0.4) is 0 Å². The van der Waals surface area contributed by atoms with Crippen molar-refractivity contribution in [3.05, 3.63) is 72.9 Å². The van der Waals surface area contributed by atoms with E-state index in [1.165, 1.54) is 231 Å². The van der Waals surface area contributed by atoms with Crippen LogP contribution >= 0.6 is 0 Å². The summed E-state index contributed by atoms with van der Waals surface area (Å²) in [5.41, 5.74) is 0. The molecule has 0 aliphatic carbocycles. The van der Waals surface area contributed by atoms with Gasteiger partial charge in [-0.2, -0.15) is 0 Å². The van der Waals surface area contributed by atoms with Gasteiger partial charge in [0.05, 0.1) is 0 Å². The van der Waals surface area contributed by atoms with Gasteiger partial charge in [-0.3, -0.25) is 14.4 Å². The largest absolute Gasteiger partial charge is 0.462 e. The summed E-state index contributed by atoms with van der Waals surface area (Å²) in [5, 5.41) is 0. The van der Waals surface area contributed by atoms with Gasteiger partial charge in [0.2, 0.25) is 0 Å². The second kappa shape index (κ2) is 68.3. The summed E-state index contributed by atoms with van der Waals surface area (Å²) in [5.74, 6) is -0.951. The van der Waals surface area contributed by atoms with Crippen LogP contribution in [-0.2, 0) is 28.6 Å². The molecular formula is C74H132O6. The average molecular weight is 1120 g/mol. The van der Waals surface area contributed by atoms with Crippen LogP contribution in [0.25, 0.3) is 0 Å². The topological polar surface area (TPSA) is 78.9 Å². The zero-order chi connectivity index (χ0) is 57.8. The summed E-state index contributed by atoms with van der Waals surface area (Å²) in [6, 6.07) is 0. The summed E-state index contributed by atoms with van der Waals surface area (Å²) in [6.45, 7) is 6.49. The van der Waals surface area contributed by atoms with Gasteiger partial charge >= 0.3 is 17.9 Å². The van der Waals surface area contributed by atoms with Crippen molar-refractivity contribution < 1.29 is 28.6 Å². The van der Waals surface area contributed by atoms with E-state index in [4.69, 9.17) is 14.2 Å². The molecule has 80 heavy (non-hydrogen) atoms. The zero-order valence-corrected chi connectivity index (χ0v) is 53.3. The Bertz CT molecular complexity index is 1470. The molecule has 0 spiro atoms. The van der Waals surface area contributed by atoms with Crippen LogP contribution in [-0.4, -0.2) is 37.2 Å². The van der Waals surface area contributed by atoms with Crippen molar-refractivity contribution in [2.75, 3.05) is 13.2 Å². The molecule has 0 fully saturated rings. The first-order valence-electron chi connectivity index (χ1n) is 34.9. The van der Waals surface area contributed by atoms with Gasteiger partial charge < -0.3 is 14.2 Å². The molecule has 0 aromatic heterocycles. The molecule has 0 aromatic rings. The van der Waals surface area contributed by atoms with Crippen molar-refractivity contribution >= 4 is 17.9 Å². The summed E-state index contributed by atoms with van der Waals surface area (Å²) in [4.78, 5) is 38.3. The number of allylic oxidation sites excluding steroid dienone is 12. The van der Waals surface area contributed by atoms with E-state index in [0.29, 0.717) is 19.3 Å². The lowest BCUT2D eigenvalue weighted by atomic mass is 10.0. The van der Waals surface area contributed by atoms with Crippen molar-refractivity contribution in [1.29, 1.82) is 0 Å². The Hall–Kier alpha value is -3.15. The van der Waals surface area contributed by atoms with Crippen molar-refractivity contribution in [3.63, 3.8) is 0 Å². The highest BCUT2D eigenvalue weighted by molar-refractivity contribution is 5.71. The molecule has 0 aromatic carbocycles. The van der Waals surface area contributed by atoms with Crippen LogP contribution in [0.1, 0.15) is 361 Å². The summed E-state index contributed by atoms with van der Waals surface area (Å²) in [6.07, 6.45) is 89.7. The number of ether oxygens (including phenoxy) is 3. The number of carbonyl (C=O) groups is 3. The molecule has 0 amide bonds. The van der Waals surface area contributed by atoms with E-state index in [-0.39, 0.29) is 37.5 Å². The number of hydrogen-bond acceptors (Lipinski definition) is 6. The molecule has 0 saturated carbocycles. The molecule has 0 N–H and O–H groups in total. The molecule has 1 unspecified atom stereocenters. The third kappa shape index (κ3) is 65.7. The molecule has 0 aliphatic heterocycles. The van der Waals surface area contributed by atoms with Crippen LogP contribution in [0.15, 0.2) is 72.9 Å². The average Bonchev–Trinajstić information content (AvgIpc) is 3.46. The second-order valence-corrected chi connectivity index (χ2v) is 23.4. The number of hydrogen-bond donors (Lipinski definition) is 0. The lowest BCUT2D eigenvalue weighted by Gasteiger charge is -2.18. The van der Waals surface area contributed by atoms with Gasteiger partial charge in [-0.25, -0.2) is 0 Å². The molecule has 0 aliphatic rings. The molecule has 0 rings (SSSR count). The summed E-state index contributed by atoms with van der Waals surface area (Å²) >= 11 is 0. The van der Waals surface area contributed by atoms with Gasteiger partial charge in [-0.05, 0) is 83.5 Å². The van der Waals surface area contributed by atoms with E-state index in [0.717, 1.165) is 83.5 Å². The first-order chi connectivity index (χ1) is 39.5. The van der Waals surface area contributed by atoms with E-state index in [2.05, 4.69) is 93.7 Å². The normalized spacial score (nSPS) is 12.5. The minimum absolute atomic E-state index is 0.0979. The minimum Gasteiger partial charge on any atom is -0.462 e. The number of esters is 3. The molecule has 0 heterocycles. The maximum absolute atomic E-state index is 12.9. The van der Waals surface area contributed by atoms with Crippen molar-refractivity contribution in [2.45, 2.75) is 367 Å². The van der Waals surface area contributed by atoms with Crippen LogP contribution in [0, 0.1) is 0 Å². The third-order valence-corrected chi connectivity index (χ3v) is 15.4. The second-order valence-electron chi connectivity index (χ2n) is 23.4. The Labute approximate surface area is 497 Å². The van der Waals surface area contributed by atoms with Gasteiger partial charge in [0, 0.05) is 19.3 Å². The van der Waals surface area contributed by atoms with Crippen molar-refractivity contribution in [3.8, 4) is 0 Å². The highest BCUT2D eigenvalue weighted by atomic mass is 16.6. The Morgan fingerprint density at radius 3 is 0.838 bits per heavy atom. The number of unbranched alkanes of at least 4 members (excludes halogenated alkanes) is 41. The van der Waals surface area contributed by atoms with Crippen LogP contribution in [0.4, 0.5) is 0 Å². The quantitative estimate of drug-likeness (QED) is 0.0261. The molecule has 1 atom stereocenters. The SMILES string of the molecule is CC/C=C\C/C=C\C/C=C\C/C=C\C/C=C\CCCC(=O)OC(COC(=O)CCCCCCC/C=C\CCCCC)COC(=O)CCCCCCCCCCCCCCCCCCCCCCCCCCCCCCCCCCC. The molecular weight excluding hydrogens is 985 g/mol. The van der Waals surface area contributed by atoms with E-state index in [1.807, 2.05) is 0 Å². The van der Waals surface area contributed by atoms with E-state index in [1.54, 1.807) is 0 Å². The Morgan fingerprint density at radius 1 is 0.263 bits per heavy atom. The predicted octanol–water partition coefficient (Wildman–Crippen LogP) is 24.1. The monoisotopic (exact) mass is 1120 g/mol. The third-order valence-electron chi connectivity index (χ3n) is 15.4. The number of carbonyl (C=O) groups excluding carboxylic acids is 3. The molecule has 6 nitrogen and oxygen atoms in total. The molecule has 0 radical (unpaired) electrons. The van der Waals surface area contributed by atoms with Gasteiger partial charge in [0.25, 0.3) is 0 Å². The fraction of sp³-hybridized carbons (Fsp3) is 0.797. The van der Waals surface area contributed by atoms with Crippen molar-refractivity contribution in [2.24, 2.45) is 0 Å². The van der Waals surface area contributed by atoms with E-state index in [9.17, 15) is 14.4 Å². The molecule has 0 bridgehead atoms. The maximum atomic E-state index is 12.9. The Morgan fingerprint density at radius 2 is 0.500 bits per heavy atom. The fourth-order valence-corrected chi connectivity index (χ4v) is 10.2.